The number of benzene rings is 1. The van der Waals surface area contributed by atoms with Crippen LogP contribution in [0.5, 0.6) is 5.75 Å². The summed E-state index contributed by atoms with van der Waals surface area (Å²) < 4.78 is 10.6. The molecule has 0 saturated carbocycles. The van der Waals surface area contributed by atoms with Gasteiger partial charge in [0.1, 0.15) is 5.75 Å². The number of hydrogen-bond acceptors (Lipinski definition) is 4. The molecule has 1 fully saturated rings. The van der Waals surface area contributed by atoms with Gasteiger partial charge in [0, 0.05) is 26.2 Å². The predicted molar refractivity (Wildman–Crippen MR) is 108 cm³/mol. The van der Waals surface area contributed by atoms with Gasteiger partial charge in [-0.1, -0.05) is 17.7 Å². The Hall–Kier alpha value is -2.24. The number of piperidine rings is 1. The van der Waals surface area contributed by atoms with Gasteiger partial charge in [0.05, 0.1) is 19.6 Å². The Morgan fingerprint density at radius 3 is 2.56 bits per heavy atom. The van der Waals surface area contributed by atoms with Crippen LogP contribution < -0.4 is 10.1 Å². The first-order valence-corrected chi connectivity index (χ1v) is 9.94. The summed E-state index contributed by atoms with van der Waals surface area (Å²) in [6.07, 6.45) is 3.60. The minimum Gasteiger partial charge on any atom is -0.494 e. The molecule has 1 N–H and O–H groups in total. The normalized spacial score (nSPS) is 15.5. The summed E-state index contributed by atoms with van der Waals surface area (Å²) in [7, 11) is 1.46. The Balaban J connectivity index is 1.70. The molecule has 0 spiro atoms. The summed E-state index contributed by atoms with van der Waals surface area (Å²) in [6, 6.07) is 8.14. The molecule has 0 aromatic heterocycles. The van der Waals surface area contributed by atoms with Gasteiger partial charge in [0.15, 0.2) is 5.96 Å². The Kier molecular flexibility index (Phi) is 8.95. The number of unbranched alkanes of at least 4 members (excludes halogenated alkanes) is 1. The van der Waals surface area contributed by atoms with Crippen LogP contribution in [0.15, 0.2) is 29.3 Å². The largest absolute Gasteiger partial charge is 0.494 e. The third-order valence-corrected chi connectivity index (χ3v) is 4.77. The van der Waals surface area contributed by atoms with Crippen molar-refractivity contribution in [3.05, 3.63) is 29.8 Å². The van der Waals surface area contributed by atoms with E-state index in [1.54, 1.807) is 0 Å². The second kappa shape index (κ2) is 11.5. The molecule has 1 heterocycles. The quantitative estimate of drug-likeness (QED) is 0.328. The number of esters is 1. The van der Waals surface area contributed by atoms with Crippen molar-refractivity contribution in [3.63, 3.8) is 0 Å². The van der Waals surface area contributed by atoms with Gasteiger partial charge in [0.2, 0.25) is 0 Å². The summed E-state index contributed by atoms with van der Waals surface area (Å²) in [5, 5.41) is 3.36. The number of ether oxygens (including phenoxy) is 2. The number of carbonyl (C=O) groups excluding carboxylic acids is 1. The number of nitrogens with zero attached hydrogens (tertiary/aromatic N) is 2. The first kappa shape index (κ1) is 21.1. The smallest absolute Gasteiger partial charge is 0.308 e. The predicted octanol–water partition coefficient (Wildman–Crippen LogP) is 3.00. The van der Waals surface area contributed by atoms with Gasteiger partial charge < -0.3 is 19.7 Å². The fraction of sp³-hybridized carbons (Fsp3) is 0.619. The molecule has 27 heavy (non-hydrogen) atoms. The van der Waals surface area contributed by atoms with Crippen molar-refractivity contribution < 1.29 is 14.3 Å². The molecule has 6 nitrogen and oxygen atoms in total. The van der Waals surface area contributed by atoms with Crippen molar-refractivity contribution in [2.24, 2.45) is 10.9 Å². The van der Waals surface area contributed by atoms with E-state index in [0.717, 1.165) is 63.6 Å². The van der Waals surface area contributed by atoms with Crippen molar-refractivity contribution in [1.29, 1.82) is 0 Å². The van der Waals surface area contributed by atoms with E-state index in [4.69, 9.17) is 14.5 Å². The van der Waals surface area contributed by atoms with Gasteiger partial charge in [-0.15, -0.1) is 0 Å². The van der Waals surface area contributed by atoms with Crippen LogP contribution in [0.1, 0.15) is 38.2 Å². The maximum absolute atomic E-state index is 11.7. The minimum atomic E-state index is -0.0924. The van der Waals surface area contributed by atoms with Gasteiger partial charge in [-0.2, -0.15) is 0 Å². The lowest BCUT2D eigenvalue weighted by molar-refractivity contribution is -0.146. The van der Waals surface area contributed by atoms with Gasteiger partial charge >= 0.3 is 5.97 Å². The van der Waals surface area contributed by atoms with Gasteiger partial charge in [0.25, 0.3) is 0 Å². The second-order valence-corrected chi connectivity index (χ2v) is 6.89. The lowest BCUT2D eigenvalue weighted by Gasteiger charge is -2.33. The van der Waals surface area contributed by atoms with E-state index in [2.05, 4.69) is 36.2 Å². The first-order chi connectivity index (χ1) is 13.1. The van der Waals surface area contributed by atoms with E-state index < -0.39 is 0 Å². The first-order valence-electron chi connectivity index (χ1n) is 9.94. The summed E-state index contributed by atoms with van der Waals surface area (Å²) in [6.45, 7) is 8.14. The highest BCUT2D eigenvalue weighted by Gasteiger charge is 2.26. The average molecular weight is 376 g/mol. The van der Waals surface area contributed by atoms with E-state index in [-0.39, 0.29) is 11.9 Å². The molecule has 1 aliphatic heterocycles. The number of rotatable bonds is 8. The van der Waals surface area contributed by atoms with E-state index in [1.165, 1.54) is 12.7 Å². The molecule has 0 amide bonds. The topological polar surface area (TPSA) is 63.2 Å². The fourth-order valence-electron chi connectivity index (χ4n) is 3.14. The lowest BCUT2D eigenvalue weighted by Crippen LogP contribution is -2.46. The molecule has 1 aliphatic rings. The molecular weight excluding hydrogens is 342 g/mol. The molecule has 0 bridgehead atoms. The molecule has 1 saturated heterocycles. The molecule has 2 rings (SSSR count). The van der Waals surface area contributed by atoms with Crippen molar-refractivity contribution in [1.82, 2.24) is 10.2 Å². The van der Waals surface area contributed by atoms with Crippen molar-refractivity contribution >= 4 is 11.9 Å². The van der Waals surface area contributed by atoms with Crippen molar-refractivity contribution in [3.8, 4) is 5.75 Å². The third-order valence-electron chi connectivity index (χ3n) is 4.77. The maximum atomic E-state index is 11.7. The second-order valence-electron chi connectivity index (χ2n) is 6.89. The number of hydrogen-bond donors (Lipinski definition) is 1. The van der Waals surface area contributed by atoms with Gasteiger partial charge in [-0.05, 0) is 51.7 Å². The molecule has 0 unspecified atom stereocenters. The number of nitrogens with one attached hydrogen (secondary N) is 1. The Labute approximate surface area is 162 Å². The van der Waals surface area contributed by atoms with Crippen LogP contribution in [0.3, 0.4) is 0 Å². The monoisotopic (exact) mass is 375 g/mol. The van der Waals surface area contributed by atoms with Crippen molar-refractivity contribution in [2.45, 2.75) is 39.5 Å². The minimum absolute atomic E-state index is 0.0213. The highest BCUT2D eigenvalue weighted by atomic mass is 16.5. The summed E-state index contributed by atoms with van der Waals surface area (Å²) in [5.74, 6) is 1.80. The number of aliphatic imine (C=N–C) groups is 1. The summed E-state index contributed by atoms with van der Waals surface area (Å²) in [4.78, 5) is 18.6. The SMILES string of the molecule is CCNC(=NCCCCOc1ccc(C)cc1)N1CCC(C(=O)OC)CC1. The number of aryl methyl sites for hydroxylation is 1. The van der Waals surface area contributed by atoms with Crippen molar-refractivity contribution in [2.75, 3.05) is 39.9 Å². The van der Waals surface area contributed by atoms with Crippen LogP contribution in [0.2, 0.25) is 0 Å². The molecule has 1 aromatic rings. The zero-order chi connectivity index (χ0) is 19.5. The van der Waals surface area contributed by atoms with Gasteiger partial charge in [-0.25, -0.2) is 0 Å². The van der Waals surface area contributed by atoms with E-state index >= 15 is 0 Å². The molecule has 0 radical (unpaired) electrons. The van der Waals surface area contributed by atoms with Crippen LogP contribution >= 0.6 is 0 Å². The zero-order valence-corrected chi connectivity index (χ0v) is 16.9. The number of guanidine groups is 1. The number of carbonyl (C=O) groups is 1. The molecular formula is C21H33N3O3. The molecule has 0 aliphatic carbocycles. The lowest BCUT2D eigenvalue weighted by atomic mass is 9.97. The van der Waals surface area contributed by atoms with Crippen LogP contribution in [-0.2, 0) is 9.53 Å². The fourth-order valence-corrected chi connectivity index (χ4v) is 3.14. The third kappa shape index (κ3) is 7.12. The van der Waals surface area contributed by atoms with E-state index in [1.807, 2.05) is 12.1 Å². The maximum Gasteiger partial charge on any atom is 0.308 e. The van der Waals surface area contributed by atoms with Gasteiger partial charge in [-0.3, -0.25) is 9.79 Å². The average Bonchev–Trinajstić information content (AvgIpc) is 2.70. The Morgan fingerprint density at radius 2 is 1.93 bits per heavy atom. The van der Waals surface area contributed by atoms with Crippen LogP contribution in [-0.4, -0.2) is 56.7 Å². The van der Waals surface area contributed by atoms with Crippen LogP contribution in [0.4, 0.5) is 0 Å². The highest BCUT2D eigenvalue weighted by molar-refractivity contribution is 5.80. The summed E-state index contributed by atoms with van der Waals surface area (Å²) >= 11 is 0. The van der Waals surface area contributed by atoms with Crippen LogP contribution in [0.25, 0.3) is 0 Å². The molecule has 150 valence electrons. The zero-order valence-electron chi connectivity index (χ0n) is 16.9. The Bertz CT molecular complexity index is 593. The Morgan fingerprint density at radius 1 is 1.22 bits per heavy atom. The molecule has 0 atom stereocenters. The van der Waals surface area contributed by atoms with Crippen LogP contribution in [0, 0.1) is 12.8 Å². The molecule has 1 aromatic carbocycles. The summed E-state index contributed by atoms with van der Waals surface area (Å²) in [5.41, 5.74) is 1.24. The number of likely N-dealkylation sites (tertiary alicyclic amines) is 1. The standard InChI is InChI=1S/C21H33N3O3/c1-4-22-21(24-14-11-18(12-15-24)20(25)26-3)23-13-5-6-16-27-19-9-7-17(2)8-10-19/h7-10,18H,4-6,11-16H2,1-3H3,(H,22,23). The number of methoxy groups -OCH3 is 1. The molecule has 6 heteroatoms. The van der Waals surface area contributed by atoms with E-state index in [9.17, 15) is 4.79 Å². The van der Waals surface area contributed by atoms with E-state index in [0.29, 0.717) is 6.61 Å². The highest BCUT2D eigenvalue weighted by Crippen LogP contribution is 2.18.